The van der Waals surface area contributed by atoms with E-state index in [0.29, 0.717) is 5.57 Å². The number of ether oxygens (including phenoxy) is 1. The Morgan fingerprint density at radius 1 is 1.19 bits per heavy atom. The molecule has 0 spiro atoms. The van der Waals surface area contributed by atoms with Gasteiger partial charge in [0.1, 0.15) is 0 Å². The molecule has 0 atom stereocenters. The van der Waals surface area contributed by atoms with Crippen molar-refractivity contribution in [3.63, 3.8) is 0 Å². The number of carbonyl (C=O) groups excluding carboxylic acids is 1. The molecule has 1 aliphatic carbocycles. The zero-order chi connectivity index (χ0) is 19.7. The Bertz CT molecular complexity index is 685. The van der Waals surface area contributed by atoms with Gasteiger partial charge in [-0.05, 0) is 56.6 Å². The van der Waals surface area contributed by atoms with Crippen molar-refractivity contribution in [2.45, 2.75) is 53.9 Å². The molecule has 0 unspecified atom stereocenters. The van der Waals surface area contributed by atoms with Crippen LogP contribution >= 0.6 is 0 Å². The van der Waals surface area contributed by atoms with Crippen molar-refractivity contribution in [3.05, 3.63) is 58.7 Å². The minimum Gasteiger partial charge on any atom is -0.479 e. The highest BCUT2D eigenvalue weighted by Crippen LogP contribution is 2.40. The maximum atomic E-state index is 11.4. The topological polar surface area (TPSA) is 63.6 Å². The molecule has 0 saturated carbocycles. The third-order valence-electron chi connectivity index (χ3n) is 4.46. The van der Waals surface area contributed by atoms with E-state index in [-0.39, 0.29) is 5.41 Å². The Hall–Kier alpha value is -2.36. The van der Waals surface area contributed by atoms with Gasteiger partial charge in [0.15, 0.2) is 6.61 Å². The van der Waals surface area contributed by atoms with E-state index >= 15 is 0 Å². The van der Waals surface area contributed by atoms with Crippen molar-refractivity contribution in [1.82, 2.24) is 0 Å². The molecule has 1 N–H and O–H groups in total. The van der Waals surface area contributed by atoms with Gasteiger partial charge in [-0.1, -0.05) is 55.4 Å². The predicted molar refractivity (Wildman–Crippen MR) is 105 cm³/mol. The van der Waals surface area contributed by atoms with E-state index in [9.17, 15) is 9.59 Å². The zero-order valence-corrected chi connectivity index (χ0v) is 16.5. The molecule has 0 bridgehead atoms. The van der Waals surface area contributed by atoms with E-state index in [0.717, 1.165) is 5.57 Å². The first-order valence-electron chi connectivity index (χ1n) is 8.92. The molecule has 0 radical (unpaired) electrons. The van der Waals surface area contributed by atoms with Crippen LogP contribution in [-0.2, 0) is 14.3 Å². The van der Waals surface area contributed by atoms with E-state index in [2.05, 4.69) is 37.7 Å². The lowest BCUT2D eigenvalue weighted by molar-refractivity contribution is -0.151. The predicted octanol–water partition coefficient (Wildman–Crippen LogP) is 5.15. The van der Waals surface area contributed by atoms with E-state index in [4.69, 9.17) is 5.11 Å². The van der Waals surface area contributed by atoms with E-state index in [1.54, 1.807) is 13.0 Å². The summed E-state index contributed by atoms with van der Waals surface area (Å²) < 4.78 is 4.56. The van der Waals surface area contributed by atoms with Gasteiger partial charge in [0.25, 0.3) is 0 Å². The first kappa shape index (κ1) is 21.7. The number of allylic oxidation sites excluding steroid dienone is 9. The number of carboxylic acid groups (broad SMARTS) is 1. The van der Waals surface area contributed by atoms with Crippen molar-refractivity contribution in [2.24, 2.45) is 5.41 Å². The van der Waals surface area contributed by atoms with E-state index in [1.165, 1.54) is 36.5 Å². The second kappa shape index (κ2) is 9.95. The average molecular weight is 358 g/mol. The van der Waals surface area contributed by atoms with Crippen LogP contribution in [0.1, 0.15) is 53.9 Å². The van der Waals surface area contributed by atoms with Crippen molar-refractivity contribution >= 4 is 11.9 Å². The fraction of sp³-hybridized carbons (Fsp3) is 0.455. The molecular weight excluding hydrogens is 328 g/mol. The van der Waals surface area contributed by atoms with Gasteiger partial charge < -0.3 is 9.84 Å². The normalized spacial score (nSPS) is 18.7. The van der Waals surface area contributed by atoms with Crippen LogP contribution in [0.3, 0.4) is 0 Å². The second-order valence-corrected chi connectivity index (χ2v) is 7.42. The SMILES string of the molecule is CC(C=CC1=C(C)CCCC1(C)C)=CC=C/C(C)=C\C(=O)OCC(=O)O. The van der Waals surface area contributed by atoms with Crippen LogP contribution in [0.4, 0.5) is 0 Å². The summed E-state index contributed by atoms with van der Waals surface area (Å²) in [5.41, 5.74) is 4.94. The molecule has 0 aromatic carbocycles. The number of hydrogen-bond acceptors (Lipinski definition) is 3. The van der Waals surface area contributed by atoms with Gasteiger partial charge in [0.05, 0.1) is 0 Å². The van der Waals surface area contributed by atoms with Gasteiger partial charge in [-0.2, -0.15) is 0 Å². The van der Waals surface area contributed by atoms with Crippen LogP contribution in [0.5, 0.6) is 0 Å². The number of hydrogen-bond donors (Lipinski definition) is 1. The largest absolute Gasteiger partial charge is 0.479 e. The lowest BCUT2D eigenvalue weighted by Gasteiger charge is -2.32. The van der Waals surface area contributed by atoms with Crippen molar-refractivity contribution in [3.8, 4) is 0 Å². The molecule has 1 aliphatic rings. The number of esters is 1. The molecule has 142 valence electrons. The number of aliphatic carboxylic acids is 1. The highest BCUT2D eigenvalue weighted by Gasteiger charge is 2.26. The molecule has 0 heterocycles. The lowest BCUT2D eigenvalue weighted by atomic mass is 9.72. The van der Waals surface area contributed by atoms with E-state index < -0.39 is 18.5 Å². The smallest absolute Gasteiger partial charge is 0.341 e. The molecule has 4 heteroatoms. The first-order chi connectivity index (χ1) is 12.1. The summed E-state index contributed by atoms with van der Waals surface area (Å²) in [5.74, 6) is -1.83. The van der Waals surface area contributed by atoms with Crippen molar-refractivity contribution in [1.29, 1.82) is 0 Å². The summed E-state index contributed by atoms with van der Waals surface area (Å²) in [6.07, 6.45) is 14.9. The van der Waals surface area contributed by atoms with Crippen LogP contribution in [0.25, 0.3) is 0 Å². The molecule has 0 fully saturated rings. The van der Waals surface area contributed by atoms with Gasteiger partial charge in [0.2, 0.25) is 0 Å². The highest BCUT2D eigenvalue weighted by atomic mass is 16.5. The number of rotatable bonds is 7. The molecule has 1 rings (SSSR count). The van der Waals surface area contributed by atoms with Gasteiger partial charge >= 0.3 is 11.9 Å². The Labute approximate surface area is 156 Å². The maximum absolute atomic E-state index is 11.4. The monoisotopic (exact) mass is 358 g/mol. The fourth-order valence-electron chi connectivity index (χ4n) is 3.04. The highest BCUT2D eigenvalue weighted by molar-refractivity contribution is 5.85. The minimum atomic E-state index is -1.17. The summed E-state index contributed by atoms with van der Waals surface area (Å²) in [4.78, 5) is 21.7. The number of carbonyl (C=O) groups is 2. The molecule has 0 aromatic heterocycles. The van der Waals surface area contributed by atoms with Crippen LogP contribution < -0.4 is 0 Å². The summed E-state index contributed by atoms with van der Waals surface area (Å²) in [6.45, 7) is 9.99. The van der Waals surface area contributed by atoms with Gasteiger partial charge in [-0.25, -0.2) is 9.59 Å². The Kier molecular flexibility index (Phi) is 8.30. The third kappa shape index (κ3) is 7.68. The lowest BCUT2D eigenvalue weighted by Crippen LogP contribution is -2.19. The zero-order valence-electron chi connectivity index (χ0n) is 16.5. The van der Waals surface area contributed by atoms with Crippen molar-refractivity contribution < 1.29 is 19.4 Å². The number of carboxylic acids is 1. The first-order valence-corrected chi connectivity index (χ1v) is 8.92. The second-order valence-electron chi connectivity index (χ2n) is 7.42. The molecule has 0 aromatic rings. The molecule has 0 saturated heterocycles. The fourth-order valence-corrected chi connectivity index (χ4v) is 3.04. The Balaban J connectivity index is 2.69. The van der Waals surface area contributed by atoms with Crippen LogP contribution in [0.15, 0.2) is 58.7 Å². The minimum absolute atomic E-state index is 0.227. The third-order valence-corrected chi connectivity index (χ3v) is 4.46. The van der Waals surface area contributed by atoms with Gasteiger partial charge in [-0.15, -0.1) is 0 Å². The van der Waals surface area contributed by atoms with Gasteiger partial charge in [0, 0.05) is 6.08 Å². The maximum Gasteiger partial charge on any atom is 0.341 e. The standard InChI is InChI=1S/C22H30O4/c1-16(11-12-19-18(3)10-7-13-22(19,4)5)8-6-9-17(2)14-21(25)26-15-20(23)24/h6,8-9,11-12,14H,7,10,13,15H2,1-5H3,(H,23,24)/b9-6?,12-11?,16-8?,17-14-. The van der Waals surface area contributed by atoms with Crippen molar-refractivity contribution in [2.75, 3.05) is 6.61 Å². The molecule has 0 aliphatic heterocycles. The summed E-state index contributed by atoms with van der Waals surface area (Å²) in [7, 11) is 0. The van der Waals surface area contributed by atoms with Crippen LogP contribution in [-0.4, -0.2) is 23.7 Å². The van der Waals surface area contributed by atoms with Crippen LogP contribution in [0.2, 0.25) is 0 Å². The Morgan fingerprint density at radius 3 is 2.50 bits per heavy atom. The van der Waals surface area contributed by atoms with E-state index in [1.807, 2.05) is 19.1 Å². The quantitative estimate of drug-likeness (QED) is 0.388. The molecule has 26 heavy (non-hydrogen) atoms. The summed E-state index contributed by atoms with van der Waals surface area (Å²) >= 11 is 0. The molecular formula is C22H30O4. The van der Waals surface area contributed by atoms with Crippen LogP contribution in [0, 0.1) is 5.41 Å². The average Bonchev–Trinajstić information content (AvgIpc) is 2.51. The molecule has 0 amide bonds. The Morgan fingerprint density at radius 2 is 1.88 bits per heavy atom. The van der Waals surface area contributed by atoms with Gasteiger partial charge in [-0.3, -0.25) is 0 Å². The summed E-state index contributed by atoms with van der Waals surface area (Å²) in [5, 5.41) is 8.46. The summed E-state index contributed by atoms with van der Waals surface area (Å²) in [6, 6.07) is 0. The molecule has 4 nitrogen and oxygen atoms in total.